The van der Waals surface area contributed by atoms with Gasteiger partial charge in [-0.1, -0.05) is 11.6 Å². The van der Waals surface area contributed by atoms with E-state index in [1.54, 1.807) is 0 Å². The van der Waals surface area contributed by atoms with E-state index in [0.29, 0.717) is 11.4 Å². The van der Waals surface area contributed by atoms with Gasteiger partial charge < -0.3 is 5.73 Å². The van der Waals surface area contributed by atoms with E-state index in [2.05, 4.69) is 16.1 Å². The van der Waals surface area contributed by atoms with Crippen LogP contribution in [0.15, 0.2) is 6.07 Å². The van der Waals surface area contributed by atoms with Crippen LogP contribution in [0.3, 0.4) is 0 Å². The third kappa shape index (κ3) is 1.17. The highest BCUT2D eigenvalue weighted by atomic mass is 35.5. The van der Waals surface area contributed by atoms with E-state index in [1.165, 1.54) is 6.07 Å². The van der Waals surface area contributed by atoms with Crippen molar-refractivity contribution >= 4 is 17.3 Å². The number of rotatable bonds is 0. The number of nitrogens with two attached hydrogens (primary N) is 1. The van der Waals surface area contributed by atoms with E-state index in [1.807, 2.05) is 0 Å². The van der Waals surface area contributed by atoms with Gasteiger partial charge in [0.25, 0.3) is 0 Å². The molecule has 50 valence electrons. The van der Waals surface area contributed by atoms with Crippen molar-refractivity contribution in [3.8, 4) is 12.3 Å². The van der Waals surface area contributed by atoms with Gasteiger partial charge in [0.05, 0.1) is 5.69 Å². The molecular weight excluding hydrogens is 150 g/mol. The van der Waals surface area contributed by atoms with Gasteiger partial charge >= 0.3 is 0 Å². The van der Waals surface area contributed by atoms with Crippen LogP contribution in [0.2, 0.25) is 5.15 Å². The van der Waals surface area contributed by atoms with Crippen LogP contribution >= 0.6 is 11.6 Å². The van der Waals surface area contributed by atoms with Crippen molar-refractivity contribution < 1.29 is 0 Å². The average molecular weight is 154 g/mol. The highest BCUT2D eigenvalue weighted by Crippen LogP contribution is 2.10. The van der Waals surface area contributed by atoms with Gasteiger partial charge in [0.2, 0.25) is 0 Å². The first-order valence-corrected chi connectivity index (χ1v) is 2.87. The minimum absolute atomic E-state index is 0.247. The lowest BCUT2D eigenvalue weighted by molar-refractivity contribution is 1.02. The van der Waals surface area contributed by atoms with Crippen molar-refractivity contribution in [2.75, 3.05) is 5.73 Å². The summed E-state index contributed by atoms with van der Waals surface area (Å²) in [5, 5.41) is 7.30. The first-order chi connectivity index (χ1) is 4.74. The van der Waals surface area contributed by atoms with E-state index in [-0.39, 0.29) is 5.15 Å². The third-order valence-electron chi connectivity index (χ3n) is 0.930. The Morgan fingerprint density at radius 3 is 2.80 bits per heavy atom. The van der Waals surface area contributed by atoms with Crippen molar-refractivity contribution in [1.82, 2.24) is 10.2 Å². The van der Waals surface area contributed by atoms with Gasteiger partial charge in [-0.15, -0.1) is 16.6 Å². The van der Waals surface area contributed by atoms with Gasteiger partial charge in [-0.25, -0.2) is 0 Å². The normalized spacial score (nSPS) is 8.80. The van der Waals surface area contributed by atoms with Crippen LogP contribution in [0, 0.1) is 12.3 Å². The molecule has 0 atom stereocenters. The van der Waals surface area contributed by atoms with Gasteiger partial charge in [0.15, 0.2) is 10.8 Å². The van der Waals surface area contributed by atoms with Gasteiger partial charge in [-0.2, -0.15) is 0 Å². The number of terminal acetylenes is 1. The van der Waals surface area contributed by atoms with E-state index in [9.17, 15) is 0 Å². The molecule has 4 heteroatoms. The molecule has 1 rings (SSSR count). The summed E-state index contributed by atoms with van der Waals surface area (Å²) in [5.41, 5.74) is 6.10. The Morgan fingerprint density at radius 1 is 1.60 bits per heavy atom. The Morgan fingerprint density at radius 2 is 2.30 bits per heavy atom. The number of hydrogen-bond donors (Lipinski definition) is 1. The zero-order valence-electron chi connectivity index (χ0n) is 5.00. The lowest BCUT2D eigenvalue weighted by Crippen LogP contribution is -1.95. The molecule has 0 saturated carbocycles. The van der Waals surface area contributed by atoms with E-state index in [4.69, 9.17) is 23.8 Å². The third-order valence-corrected chi connectivity index (χ3v) is 1.11. The predicted octanol–water partition coefficient (Wildman–Crippen LogP) is 0.694. The molecular formula is C6H4ClN3. The van der Waals surface area contributed by atoms with Crippen LogP contribution in [0.5, 0.6) is 0 Å². The second-order valence-corrected chi connectivity index (χ2v) is 2.00. The second-order valence-electron chi connectivity index (χ2n) is 1.62. The number of aromatic nitrogens is 2. The molecule has 1 aromatic heterocycles. The zero-order valence-corrected chi connectivity index (χ0v) is 5.76. The van der Waals surface area contributed by atoms with E-state index >= 15 is 0 Å². The van der Waals surface area contributed by atoms with E-state index in [0.717, 1.165) is 0 Å². The number of anilines is 1. The van der Waals surface area contributed by atoms with Crippen LogP contribution in [-0.2, 0) is 0 Å². The molecule has 10 heavy (non-hydrogen) atoms. The Labute approximate surface area is 63.2 Å². The minimum Gasteiger partial charge on any atom is -0.396 e. The summed E-state index contributed by atoms with van der Waals surface area (Å²) in [6.45, 7) is 0. The summed E-state index contributed by atoms with van der Waals surface area (Å²) in [6.07, 6.45) is 5.03. The fourth-order valence-electron chi connectivity index (χ4n) is 0.493. The summed E-state index contributed by atoms with van der Waals surface area (Å²) in [4.78, 5) is 0. The molecule has 0 saturated heterocycles. The zero-order chi connectivity index (χ0) is 7.56. The van der Waals surface area contributed by atoms with Crippen LogP contribution in [-0.4, -0.2) is 10.2 Å². The summed E-state index contributed by atoms with van der Waals surface area (Å²) in [6, 6.07) is 1.46. The lowest BCUT2D eigenvalue weighted by Gasteiger charge is -1.93. The van der Waals surface area contributed by atoms with Crippen LogP contribution in [0.4, 0.5) is 5.69 Å². The molecule has 0 unspecified atom stereocenters. The van der Waals surface area contributed by atoms with Gasteiger partial charge in [0, 0.05) is 6.07 Å². The number of halogens is 1. The summed E-state index contributed by atoms with van der Waals surface area (Å²) < 4.78 is 0. The molecule has 0 bridgehead atoms. The summed E-state index contributed by atoms with van der Waals surface area (Å²) >= 11 is 5.45. The largest absolute Gasteiger partial charge is 0.396 e. The molecule has 0 aliphatic heterocycles. The maximum atomic E-state index is 5.45. The first-order valence-electron chi connectivity index (χ1n) is 2.49. The van der Waals surface area contributed by atoms with Crippen molar-refractivity contribution in [1.29, 1.82) is 0 Å². The standard InChI is InChI=1S/C6H4ClN3/c1-2-5-4(8)3-6(7)10-9-5/h1,3H,(H2,8,10). The number of hydrogen-bond acceptors (Lipinski definition) is 3. The molecule has 1 aromatic rings. The number of nitrogens with zero attached hydrogens (tertiary/aromatic N) is 2. The molecule has 0 spiro atoms. The molecule has 0 aromatic carbocycles. The molecule has 3 nitrogen and oxygen atoms in total. The predicted molar refractivity (Wildman–Crippen MR) is 39.4 cm³/mol. The van der Waals surface area contributed by atoms with E-state index < -0.39 is 0 Å². The highest BCUT2D eigenvalue weighted by Gasteiger charge is 1.97. The highest BCUT2D eigenvalue weighted by molar-refractivity contribution is 6.29. The van der Waals surface area contributed by atoms with Crippen molar-refractivity contribution in [3.05, 3.63) is 16.9 Å². The first kappa shape index (κ1) is 6.84. The molecule has 0 aliphatic carbocycles. The SMILES string of the molecule is C#Cc1nnc(Cl)cc1N. The molecule has 0 fully saturated rings. The monoisotopic (exact) mass is 153 g/mol. The quantitative estimate of drug-likeness (QED) is 0.558. The summed E-state index contributed by atoms with van der Waals surface area (Å²) in [5.74, 6) is 2.27. The van der Waals surface area contributed by atoms with Crippen molar-refractivity contribution in [2.45, 2.75) is 0 Å². The fraction of sp³-hybridized carbons (Fsp3) is 0. The van der Waals surface area contributed by atoms with Crippen LogP contribution in [0.25, 0.3) is 0 Å². The van der Waals surface area contributed by atoms with Gasteiger partial charge in [0.1, 0.15) is 0 Å². The average Bonchev–Trinajstić information content (AvgIpc) is 1.88. The Bertz CT molecular complexity index is 290. The Hall–Kier alpha value is -1.27. The maximum Gasteiger partial charge on any atom is 0.158 e. The Kier molecular flexibility index (Phi) is 1.74. The number of nitrogen functional groups attached to an aromatic ring is 1. The van der Waals surface area contributed by atoms with Crippen LogP contribution in [0.1, 0.15) is 5.69 Å². The molecule has 0 radical (unpaired) electrons. The molecule has 0 aliphatic rings. The maximum absolute atomic E-state index is 5.45. The van der Waals surface area contributed by atoms with Gasteiger partial charge in [-0.3, -0.25) is 0 Å². The fourth-order valence-corrected chi connectivity index (χ4v) is 0.649. The van der Waals surface area contributed by atoms with Crippen molar-refractivity contribution in [3.63, 3.8) is 0 Å². The molecule has 1 heterocycles. The molecule has 2 N–H and O–H groups in total. The Balaban J connectivity index is 3.23. The van der Waals surface area contributed by atoms with Crippen molar-refractivity contribution in [2.24, 2.45) is 0 Å². The lowest BCUT2D eigenvalue weighted by atomic mass is 10.3. The second kappa shape index (κ2) is 2.54. The minimum atomic E-state index is 0.247. The molecule has 0 amide bonds. The van der Waals surface area contributed by atoms with Crippen LogP contribution < -0.4 is 5.73 Å². The van der Waals surface area contributed by atoms with Gasteiger partial charge in [-0.05, 0) is 5.92 Å². The topological polar surface area (TPSA) is 51.8 Å². The smallest absolute Gasteiger partial charge is 0.158 e. The summed E-state index contributed by atoms with van der Waals surface area (Å²) in [7, 11) is 0.